The molecule has 3 fully saturated rings. The lowest BCUT2D eigenvalue weighted by molar-refractivity contribution is -0.147. The Balaban J connectivity index is 1.68. The van der Waals surface area contributed by atoms with Crippen LogP contribution in [0.5, 0.6) is 0 Å². The van der Waals surface area contributed by atoms with Crippen LogP contribution >= 0.6 is 0 Å². The van der Waals surface area contributed by atoms with Crippen molar-refractivity contribution in [3.8, 4) is 0 Å². The molecule has 0 radical (unpaired) electrons. The van der Waals surface area contributed by atoms with E-state index >= 15 is 0 Å². The maximum Gasteiger partial charge on any atom is 0.323 e. The molecule has 0 heterocycles. The van der Waals surface area contributed by atoms with Crippen molar-refractivity contribution in [2.45, 2.75) is 44.6 Å². The van der Waals surface area contributed by atoms with Crippen LogP contribution in [-0.2, 0) is 9.59 Å². The third-order valence-corrected chi connectivity index (χ3v) is 4.63. The second-order valence-electron chi connectivity index (χ2n) is 5.87. The number of nitrogens with zero attached hydrogens (tertiary/aromatic N) is 1. The molecule has 17 heavy (non-hydrogen) atoms. The SMILES string of the molecule is O=C(O)CN(C(=O)C1CC2CCC1C2)C1CC1. The first-order valence-corrected chi connectivity index (χ1v) is 6.67. The van der Waals surface area contributed by atoms with Gasteiger partial charge in [-0.05, 0) is 43.9 Å². The van der Waals surface area contributed by atoms with Gasteiger partial charge in [0, 0.05) is 12.0 Å². The Morgan fingerprint density at radius 2 is 1.88 bits per heavy atom. The molecule has 0 aromatic rings. The highest BCUT2D eigenvalue weighted by Crippen LogP contribution is 2.49. The lowest BCUT2D eigenvalue weighted by Gasteiger charge is -2.28. The fourth-order valence-corrected chi connectivity index (χ4v) is 3.68. The van der Waals surface area contributed by atoms with E-state index in [0.29, 0.717) is 5.92 Å². The van der Waals surface area contributed by atoms with E-state index in [1.807, 2.05) is 0 Å². The molecule has 94 valence electrons. The van der Waals surface area contributed by atoms with Crippen molar-refractivity contribution in [3.63, 3.8) is 0 Å². The van der Waals surface area contributed by atoms with Crippen LogP contribution in [-0.4, -0.2) is 34.5 Å². The average molecular weight is 237 g/mol. The van der Waals surface area contributed by atoms with Crippen molar-refractivity contribution in [2.24, 2.45) is 17.8 Å². The molecule has 4 nitrogen and oxygen atoms in total. The molecule has 3 rings (SSSR count). The molecule has 3 aliphatic rings. The summed E-state index contributed by atoms with van der Waals surface area (Å²) in [6.07, 6.45) is 6.62. The summed E-state index contributed by atoms with van der Waals surface area (Å²) in [4.78, 5) is 24.9. The van der Waals surface area contributed by atoms with E-state index < -0.39 is 5.97 Å². The summed E-state index contributed by atoms with van der Waals surface area (Å²) in [6.45, 7) is -0.0998. The summed E-state index contributed by atoms with van der Waals surface area (Å²) in [5.74, 6) is 0.659. The van der Waals surface area contributed by atoms with Crippen molar-refractivity contribution in [1.82, 2.24) is 4.90 Å². The standard InChI is InChI=1S/C13H19NO3/c15-12(16)7-14(10-3-4-10)13(17)11-6-8-1-2-9(11)5-8/h8-11H,1-7H2,(H,15,16). The second-order valence-corrected chi connectivity index (χ2v) is 5.87. The number of aliphatic carboxylic acids is 1. The van der Waals surface area contributed by atoms with Gasteiger partial charge in [0.25, 0.3) is 0 Å². The van der Waals surface area contributed by atoms with Gasteiger partial charge in [0.1, 0.15) is 6.54 Å². The van der Waals surface area contributed by atoms with Gasteiger partial charge >= 0.3 is 5.97 Å². The third-order valence-electron chi connectivity index (χ3n) is 4.63. The molecule has 0 spiro atoms. The van der Waals surface area contributed by atoms with Crippen LogP contribution in [0.2, 0.25) is 0 Å². The highest BCUT2D eigenvalue weighted by molar-refractivity contribution is 5.84. The van der Waals surface area contributed by atoms with E-state index in [0.717, 1.165) is 25.2 Å². The zero-order valence-corrected chi connectivity index (χ0v) is 9.97. The number of carboxylic acids is 1. The molecule has 3 aliphatic carbocycles. The number of carboxylic acid groups (broad SMARTS) is 1. The maximum absolute atomic E-state index is 12.4. The molecule has 4 heteroatoms. The first-order valence-electron chi connectivity index (χ1n) is 6.67. The fraction of sp³-hybridized carbons (Fsp3) is 0.846. The fourth-order valence-electron chi connectivity index (χ4n) is 3.68. The van der Waals surface area contributed by atoms with Gasteiger partial charge in [-0.1, -0.05) is 6.42 Å². The van der Waals surface area contributed by atoms with Crippen molar-refractivity contribution < 1.29 is 14.7 Å². The van der Waals surface area contributed by atoms with Crippen LogP contribution in [0.1, 0.15) is 38.5 Å². The highest BCUT2D eigenvalue weighted by Gasteiger charge is 2.46. The van der Waals surface area contributed by atoms with Crippen molar-refractivity contribution in [1.29, 1.82) is 0 Å². The Morgan fingerprint density at radius 1 is 1.12 bits per heavy atom. The first kappa shape index (κ1) is 11.1. The molecule has 3 unspecified atom stereocenters. The van der Waals surface area contributed by atoms with Gasteiger partial charge in [-0.3, -0.25) is 9.59 Å². The van der Waals surface area contributed by atoms with Crippen molar-refractivity contribution in [3.05, 3.63) is 0 Å². The molecule has 3 atom stereocenters. The number of carbonyl (C=O) groups is 2. The number of amides is 1. The van der Waals surface area contributed by atoms with E-state index in [-0.39, 0.29) is 24.4 Å². The van der Waals surface area contributed by atoms with Crippen LogP contribution in [0, 0.1) is 17.8 Å². The smallest absolute Gasteiger partial charge is 0.323 e. The molecule has 1 N–H and O–H groups in total. The van der Waals surface area contributed by atoms with Gasteiger partial charge in [-0.25, -0.2) is 0 Å². The number of fused-ring (bicyclic) bond motifs is 2. The maximum atomic E-state index is 12.4. The summed E-state index contributed by atoms with van der Waals surface area (Å²) in [7, 11) is 0. The predicted molar refractivity (Wildman–Crippen MR) is 61.3 cm³/mol. The van der Waals surface area contributed by atoms with E-state index in [4.69, 9.17) is 5.11 Å². The number of rotatable bonds is 4. The highest BCUT2D eigenvalue weighted by atomic mass is 16.4. The number of carbonyl (C=O) groups excluding carboxylic acids is 1. The molecular weight excluding hydrogens is 218 g/mol. The van der Waals surface area contributed by atoms with Gasteiger partial charge in [0.05, 0.1) is 0 Å². The molecule has 0 aromatic carbocycles. The minimum atomic E-state index is -0.881. The molecule has 0 aromatic heterocycles. The normalized spacial score (nSPS) is 34.9. The predicted octanol–water partition coefficient (Wildman–Crippen LogP) is 1.50. The zero-order valence-electron chi connectivity index (χ0n) is 9.97. The van der Waals surface area contributed by atoms with Crippen LogP contribution in [0.4, 0.5) is 0 Å². The lowest BCUT2D eigenvalue weighted by Crippen LogP contribution is -2.42. The second kappa shape index (κ2) is 4.00. The minimum Gasteiger partial charge on any atom is -0.480 e. The topological polar surface area (TPSA) is 57.6 Å². The zero-order chi connectivity index (χ0) is 12.0. The van der Waals surface area contributed by atoms with Crippen LogP contribution in [0.25, 0.3) is 0 Å². The molecule has 2 bridgehead atoms. The molecular formula is C13H19NO3. The Bertz CT molecular complexity index is 351. The largest absolute Gasteiger partial charge is 0.480 e. The average Bonchev–Trinajstić information content (AvgIpc) is 2.92. The number of hydrogen-bond acceptors (Lipinski definition) is 2. The third kappa shape index (κ3) is 2.05. The van der Waals surface area contributed by atoms with E-state index in [9.17, 15) is 9.59 Å². The van der Waals surface area contributed by atoms with Gasteiger partial charge in [-0.15, -0.1) is 0 Å². The Hall–Kier alpha value is -1.06. The summed E-state index contributed by atoms with van der Waals surface area (Å²) in [6, 6.07) is 0.220. The number of hydrogen-bond donors (Lipinski definition) is 1. The first-order chi connectivity index (χ1) is 8.15. The van der Waals surface area contributed by atoms with Gasteiger partial charge in [0.2, 0.25) is 5.91 Å². The monoisotopic (exact) mass is 237 g/mol. The molecule has 0 saturated heterocycles. The molecule has 3 saturated carbocycles. The van der Waals surface area contributed by atoms with Crippen molar-refractivity contribution >= 4 is 11.9 Å². The molecule has 1 amide bonds. The van der Waals surface area contributed by atoms with Crippen LogP contribution < -0.4 is 0 Å². The van der Waals surface area contributed by atoms with E-state index in [1.54, 1.807) is 4.90 Å². The Labute approximate surface area is 101 Å². The Morgan fingerprint density at radius 3 is 2.35 bits per heavy atom. The van der Waals surface area contributed by atoms with Crippen molar-refractivity contribution in [2.75, 3.05) is 6.54 Å². The quantitative estimate of drug-likeness (QED) is 0.806. The lowest BCUT2D eigenvalue weighted by atomic mass is 9.87. The van der Waals surface area contributed by atoms with Crippen LogP contribution in [0.3, 0.4) is 0 Å². The summed E-state index contributed by atoms with van der Waals surface area (Å²) in [5.41, 5.74) is 0. The summed E-state index contributed by atoms with van der Waals surface area (Å²) in [5, 5.41) is 8.89. The Kier molecular flexibility index (Phi) is 2.60. The van der Waals surface area contributed by atoms with Crippen LogP contribution in [0.15, 0.2) is 0 Å². The molecule has 0 aliphatic heterocycles. The summed E-state index contributed by atoms with van der Waals surface area (Å²) < 4.78 is 0. The van der Waals surface area contributed by atoms with E-state index in [2.05, 4.69) is 0 Å². The van der Waals surface area contributed by atoms with E-state index in [1.165, 1.54) is 19.3 Å². The van der Waals surface area contributed by atoms with Gasteiger partial charge in [-0.2, -0.15) is 0 Å². The van der Waals surface area contributed by atoms with Gasteiger partial charge < -0.3 is 10.0 Å². The van der Waals surface area contributed by atoms with Gasteiger partial charge in [0.15, 0.2) is 0 Å². The minimum absolute atomic E-state index is 0.0998. The summed E-state index contributed by atoms with van der Waals surface area (Å²) >= 11 is 0.